The van der Waals surface area contributed by atoms with Crippen LogP contribution in [0, 0.1) is 0 Å². The zero-order valence-corrected chi connectivity index (χ0v) is 9.37. The van der Waals surface area contributed by atoms with Gasteiger partial charge in [-0.25, -0.2) is 5.01 Å². The van der Waals surface area contributed by atoms with Crippen LogP contribution >= 0.6 is 0 Å². The van der Waals surface area contributed by atoms with Crippen LogP contribution in [-0.2, 0) is 0 Å². The molecule has 0 aromatic rings. The van der Waals surface area contributed by atoms with E-state index in [0.717, 1.165) is 12.8 Å². The van der Waals surface area contributed by atoms with Gasteiger partial charge >= 0.3 is 0 Å². The van der Waals surface area contributed by atoms with Gasteiger partial charge in [0.25, 0.3) is 0 Å². The minimum Gasteiger partial charge on any atom is -0.328 e. The van der Waals surface area contributed by atoms with Crippen molar-refractivity contribution >= 4 is 0 Å². The van der Waals surface area contributed by atoms with Crippen LogP contribution < -0.4 is 11.2 Å². The van der Waals surface area contributed by atoms with E-state index in [1.165, 1.54) is 19.3 Å². The fourth-order valence-corrected chi connectivity index (χ4v) is 2.65. The number of nitrogens with two attached hydrogens (primary N) is 1. The third kappa shape index (κ3) is 2.10. The third-order valence-corrected chi connectivity index (χ3v) is 3.70. The van der Waals surface area contributed by atoms with Gasteiger partial charge in [0.2, 0.25) is 0 Å². The molecular formula is C11H23N3. The monoisotopic (exact) mass is 197 g/mol. The van der Waals surface area contributed by atoms with E-state index in [9.17, 15) is 0 Å². The number of rotatable bonds is 2. The highest BCUT2D eigenvalue weighted by Crippen LogP contribution is 2.24. The van der Waals surface area contributed by atoms with Crippen LogP contribution in [-0.4, -0.2) is 29.2 Å². The van der Waals surface area contributed by atoms with Gasteiger partial charge in [-0.1, -0.05) is 6.42 Å². The van der Waals surface area contributed by atoms with Crippen molar-refractivity contribution < 1.29 is 0 Å². The molecule has 1 saturated heterocycles. The van der Waals surface area contributed by atoms with Crippen molar-refractivity contribution in [1.29, 1.82) is 0 Å². The lowest BCUT2D eigenvalue weighted by molar-refractivity contribution is 0.0113. The summed E-state index contributed by atoms with van der Waals surface area (Å²) < 4.78 is 0. The summed E-state index contributed by atoms with van der Waals surface area (Å²) in [5.74, 6) is 0. The molecule has 0 aromatic carbocycles. The molecule has 2 rings (SSSR count). The van der Waals surface area contributed by atoms with Gasteiger partial charge in [-0.15, -0.1) is 0 Å². The molecule has 0 bridgehead atoms. The largest absolute Gasteiger partial charge is 0.328 e. The van der Waals surface area contributed by atoms with E-state index in [4.69, 9.17) is 5.73 Å². The lowest BCUT2D eigenvalue weighted by Crippen LogP contribution is -2.60. The van der Waals surface area contributed by atoms with Crippen LogP contribution in [0.3, 0.4) is 0 Å². The molecule has 1 aliphatic heterocycles. The lowest BCUT2D eigenvalue weighted by Gasteiger charge is -2.45. The summed E-state index contributed by atoms with van der Waals surface area (Å²) >= 11 is 0. The number of piperidine rings is 1. The van der Waals surface area contributed by atoms with Crippen molar-refractivity contribution in [2.24, 2.45) is 5.73 Å². The van der Waals surface area contributed by atoms with Gasteiger partial charge in [0, 0.05) is 24.2 Å². The SMILES string of the molecule is CC1CCCC(C)N1NC1CC(N)C1. The van der Waals surface area contributed by atoms with E-state index >= 15 is 0 Å². The average molecular weight is 197 g/mol. The first kappa shape index (κ1) is 10.4. The van der Waals surface area contributed by atoms with E-state index in [0.29, 0.717) is 24.2 Å². The maximum Gasteiger partial charge on any atom is 0.0245 e. The van der Waals surface area contributed by atoms with Gasteiger partial charge in [-0.3, -0.25) is 5.43 Å². The predicted octanol–water partition coefficient (Wildman–Crippen LogP) is 1.24. The van der Waals surface area contributed by atoms with Gasteiger partial charge in [0.1, 0.15) is 0 Å². The summed E-state index contributed by atoms with van der Waals surface area (Å²) in [6.07, 6.45) is 6.34. The lowest BCUT2D eigenvalue weighted by atomic mass is 9.88. The predicted molar refractivity (Wildman–Crippen MR) is 58.7 cm³/mol. The molecule has 3 heteroatoms. The smallest absolute Gasteiger partial charge is 0.0245 e. The summed E-state index contributed by atoms with van der Waals surface area (Å²) in [4.78, 5) is 0. The molecule has 2 atom stereocenters. The van der Waals surface area contributed by atoms with E-state index in [2.05, 4.69) is 24.3 Å². The molecule has 0 amide bonds. The first-order valence-electron chi connectivity index (χ1n) is 5.97. The average Bonchev–Trinajstić information content (AvgIpc) is 2.08. The Morgan fingerprint density at radius 3 is 2.21 bits per heavy atom. The van der Waals surface area contributed by atoms with Crippen molar-refractivity contribution in [3.63, 3.8) is 0 Å². The Bertz CT molecular complexity index is 179. The third-order valence-electron chi connectivity index (χ3n) is 3.70. The van der Waals surface area contributed by atoms with Crippen LogP contribution in [0.15, 0.2) is 0 Å². The maximum atomic E-state index is 5.78. The second-order valence-corrected chi connectivity index (χ2v) is 5.09. The van der Waals surface area contributed by atoms with Crippen LogP contribution in [0.25, 0.3) is 0 Å². The zero-order chi connectivity index (χ0) is 10.1. The van der Waals surface area contributed by atoms with Crippen molar-refractivity contribution in [2.75, 3.05) is 0 Å². The van der Waals surface area contributed by atoms with E-state index in [1.54, 1.807) is 0 Å². The molecule has 1 aliphatic carbocycles. The summed E-state index contributed by atoms with van der Waals surface area (Å²) in [6.45, 7) is 4.64. The normalized spacial score (nSPS) is 44.8. The minimum atomic E-state index is 0.447. The Hall–Kier alpha value is -0.120. The first-order chi connectivity index (χ1) is 6.66. The highest BCUT2D eigenvalue weighted by molar-refractivity contribution is 4.89. The second kappa shape index (κ2) is 4.17. The molecule has 2 unspecified atom stereocenters. The van der Waals surface area contributed by atoms with Crippen molar-refractivity contribution in [3.8, 4) is 0 Å². The van der Waals surface area contributed by atoms with Crippen molar-refractivity contribution in [2.45, 2.75) is 70.1 Å². The molecule has 1 heterocycles. The summed E-state index contributed by atoms with van der Waals surface area (Å²) in [6, 6.07) is 2.47. The number of hydrazine groups is 1. The Balaban J connectivity index is 1.82. The molecule has 14 heavy (non-hydrogen) atoms. The minimum absolute atomic E-state index is 0.447. The van der Waals surface area contributed by atoms with Crippen LogP contribution in [0.5, 0.6) is 0 Å². The van der Waals surface area contributed by atoms with E-state index in [1.807, 2.05) is 0 Å². The van der Waals surface area contributed by atoms with Crippen molar-refractivity contribution in [3.05, 3.63) is 0 Å². The number of hydrogen-bond acceptors (Lipinski definition) is 3. The zero-order valence-electron chi connectivity index (χ0n) is 9.37. The molecular weight excluding hydrogens is 174 g/mol. The van der Waals surface area contributed by atoms with E-state index < -0.39 is 0 Å². The quantitative estimate of drug-likeness (QED) is 0.700. The molecule has 82 valence electrons. The van der Waals surface area contributed by atoms with Gasteiger partial charge in [0.05, 0.1) is 0 Å². The highest BCUT2D eigenvalue weighted by Gasteiger charge is 2.31. The maximum absolute atomic E-state index is 5.78. The van der Waals surface area contributed by atoms with Gasteiger partial charge in [-0.2, -0.15) is 0 Å². The highest BCUT2D eigenvalue weighted by atomic mass is 15.5. The van der Waals surface area contributed by atoms with Crippen LogP contribution in [0.1, 0.15) is 46.0 Å². The number of nitrogens with one attached hydrogen (secondary N) is 1. The fourth-order valence-electron chi connectivity index (χ4n) is 2.65. The molecule has 0 aromatic heterocycles. The van der Waals surface area contributed by atoms with Gasteiger partial charge in [-0.05, 0) is 39.5 Å². The van der Waals surface area contributed by atoms with Gasteiger partial charge in [0.15, 0.2) is 0 Å². The standard InChI is InChI=1S/C11H23N3/c1-8-4-3-5-9(2)14(8)13-11-6-10(12)7-11/h8-11,13H,3-7,12H2,1-2H3. The molecule has 2 aliphatic rings. The summed E-state index contributed by atoms with van der Waals surface area (Å²) in [7, 11) is 0. The Labute approximate surface area is 87.0 Å². The fraction of sp³-hybridized carbons (Fsp3) is 1.00. The van der Waals surface area contributed by atoms with Gasteiger partial charge < -0.3 is 5.73 Å². The Morgan fingerprint density at radius 2 is 1.71 bits per heavy atom. The van der Waals surface area contributed by atoms with Crippen LogP contribution in [0.2, 0.25) is 0 Å². The Morgan fingerprint density at radius 1 is 1.14 bits per heavy atom. The molecule has 0 radical (unpaired) electrons. The Kier molecular flexibility index (Phi) is 3.10. The number of nitrogens with zero attached hydrogens (tertiary/aromatic N) is 1. The summed E-state index contributed by atoms with van der Waals surface area (Å²) in [5.41, 5.74) is 9.42. The first-order valence-corrected chi connectivity index (χ1v) is 5.97. The molecule has 0 spiro atoms. The molecule has 3 N–H and O–H groups in total. The molecule has 1 saturated carbocycles. The van der Waals surface area contributed by atoms with Crippen molar-refractivity contribution in [1.82, 2.24) is 10.4 Å². The number of hydrogen-bond donors (Lipinski definition) is 2. The summed E-state index contributed by atoms with van der Waals surface area (Å²) in [5, 5.41) is 2.46. The van der Waals surface area contributed by atoms with Crippen LogP contribution in [0.4, 0.5) is 0 Å². The molecule has 2 fully saturated rings. The molecule has 3 nitrogen and oxygen atoms in total. The topological polar surface area (TPSA) is 41.3 Å². The second-order valence-electron chi connectivity index (χ2n) is 5.09. The van der Waals surface area contributed by atoms with E-state index in [-0.39, 0.29) is 0 Å².